The lowest BCUT2D eigenvalue weighted by Crippen LogP contribution is -2.47. The molecule has 0 bridgehead atoms. The van der Waals surface area contributed by atoms with E-state index in [1.807, 2.05) is 48.6 Å². The van der Waals surface area contributed by atoms with E-state index in [4.69, 9.17) is 17.7 Å². The van der Waals surface area contributed by atoms with Crippen molar-refractivity contribution in [3.63, 3.8) is 0 Å². The summed E-state index contributed by atoms with van der Waals surface area (Å²) in [4.78, 5) is 0. The standard InChI is InChI=1S/C21H36O4Si4/c1-9-17(10-2)26-22-21(23-27-18(11-3)12-4,24-28-19(13-5)14-6)25-29-20(15-7)16-8/h9-20H,1-8,26-29H2. The van der Waals surface area contributed by atoms with Crippen molar-refractivity contribution in [2.45, 2.75) is 28.3 Å². The van der Waals surface area contributed by atoms with Crippen LogP contribution in [0.1, 0.15) is 0 Å². The largest absolute Gasteiger partial charge is 0.371 e. The van der Waals surface area contributed by atoms with Crippen LogP contribution in [0.15, 0.2) is 101 Å². The van der Waals surface area contributed by atoms with Crippen LogP contribution < -0.4 is 0 Å². The van der Waals surface area contributed by atoms with Crippen molar-refractivity contribution in [3.8, 4) is 0 Å². The molecule has 0 radical (unpaired) electrons. The Bertz CT molecular complexity index is 446. The van der Waals surface area contributed by atoms with Gasteiger partial charge < -0.3 is 17.7 Å². The number of hydrogen-bond donors (Lipinski definition) is 0. The molecular formula is C21H36O4Si4. The molecule has 0 aromatic rings. The molecule has 8 heteroatoms. The van der Waals surface area contributed by atoms with E-state index in [0.717, 1.165) is 0 Å². The molecule has 29 heavy (non-hydrogen) atoms. The Morgan fingerprint density at radius 3 is 0.724 bits per heavy atom. The lowest BCUT2D eigenvalue weighted by atomic mass is 10.4. The Kier molecular flexibility index (Phi) is 15.7. The van der Waals surface area contributed by atoms with Gasteiger partial charge in [-0.2, -0.15) is 0 Å². The number of rotatable bonds is 20. The minimum atomic E-state index is -1.51. The molecule has 4 nitrogen and oxygen atoms in total. The van der Waals surface area contributed by atoms with Gasteiger partial charge in [-0.1, -0.05) is 48.6 Å². The van der Waals surface area contributed by atoms with E-state index in [1.165, 1.54) is 0 Å². The summed E-state index contributed by atoms with van der Waals surface area (Å²) in [7, 11) is -4.60. The molecule has 0 saturated carbocycles. The van der Waals surface area contributed by atoms with E-state index in [0.29, 0.717) is 0 Å². The molecule has 160 valence electrons. The summed E-state index contributed by atoms with van der Waals surface area (Å²) < 4.78 is 24.9. The Labute approximate surface area is 186 Å². The SMILES string of the molecule is C=CC(C=C)[SiH2]OC(O[SiH2]C(C=C)C=C)(O[SiH2]C(C=C)C=C)O[SiH2]C(C=C)C=C. The Hall–Kier alpha value is -1.37. The van der Waals surface area contributed by atoms with Gasteiger partial charge in [-0.05, 0) is 0 Å². The summed E-state index contributed by atoms with van der Waals surface area (Å²) in [6.07, 6.45) is 13.0. The summed E-state index contributed by atoms with van der Waals surface area (Å²) in [6, 6.07) is 0. The molecule has 0 aromatic carbocycles. The van der Waals surface area contributed by atoms with Crippen LogP contribution in [0.4, 0.5) is 0 Å². The maximum Gasteiger partial charge on any atom is 0.371 e. The van der Waals surface area contributed by atoms with Gasteiger partial charge in [0, 0.05) is 22.2 Å². The molecular weight excluding hydrogens is 429 g/mol. The van der Waals surface area contributed by atoms with Crippen LogP contribution in [0.2, 0.25) is 22.2 Å². The first-order chi connectivity index (χ1) is 14.0. The van der Waals surface area contributed by atoms with Crippen LogP contribution in [-0.4, -0.2) is 45.2 Å². The van der Waals surface area contributed by atoms with Gasteiger partial charge in [0.2, 0.25) is 0 Å². The summed E-state index contributed by atoms with van der Waals surface area (Å²) in [5.41, 5.74) is 0.311. The van der Waals surface area contributed by atoms with E-state index >= 15 is 0 Å². The van der Waals surface area contributed by atoms with Gasteiger partial charge in [0.25, 0.3) is 0 Å². The molecule has 0 unspecified atom stereocenters. The van der Waals surface area contributed by atoms with Gasteiger partial charge in [-0.25, -0.2) is 0 Å². The van der Waals surface area contributed by atoms with Gasteiger partial charge in [-0.3, -0.25) is 0 Å². The molecule has 0 N–H and O–H groups in total. The average molecular weight is 465 g/mol. The zero-order valence-corrected chi connectivity index (χ0v) is 23.2. The van der Waals surface area contributed by atoms with E-state index in [9.17, 15) is 0 Å². The van der Waals surface area contributed by atoms with Crippen LogP contribution in [0, 0.1) is 0 Å². The summed E-state index contributed by atoms with van der Waals surface area (Å²) in [5, 5.41) is 0. The minimum Gasteiger partial charge on any atom is -0.354 e. The molecule has 0 aliphatic rings. The Balaban J connectivity index is 5.67. The third-order valence-electron chi connectivity index (χ3n) is 4.23. The fraction of sp³-hybridized carbons (Fsp3) is 0.238. The second-order valence-corrected chi connectivity index (χ2v) is 12.5. The molecule has 0 heterocycles. The van der Waals surface area contributed by atoms with Crippen molar-refractivity contribution in [3.05, 3.63) is 101 Å². The van der Waals surface area contributed by atoms with Crippen LogP contribution in [0.25, 0.3) is 0 Å². The minimum absolute atomic E-state index is 0.0778. The lowest BCUT2D eigenvalue weighted by Gasteiger charge is -2.36. The van der Waals surface area contributed by atoms with Gasteiger partial charge >= 0.3 is 6.16 Å². The molecule has 0 saturated heterocycles. The monoisotopic (exact) mass is 464 g/mol. The van der Waals surface area contributed by atoms with E-state index in [-0.39, 0.29) is 22.2 Å². The lowest BCUT2D eigenvalue weighted by molar-refractivity contribution is -0.375. The van der Waals surface area contributed by atoms with Crippen molar-refractivity contribution in [1.82, 2.24) is 0 Å². The molecule has 0 aliphatic heterocycles. The van der Waals surface area contributed by atoms with E-state index in [2.05, 4.69) is 52.6 Å². The van der Waals surface area contributed by atoms with Gasteiger partial charge in [0.15, 0.2) is 39.1 Å². The maximum atomic E-state index is 6.22. The zero-order valence-electron chi connectivity index (χ0n) is 17.5. The van der Waals surface area contributed by atoms with Crippen molar-refractivity contribution in [2.75, 3.05) is 0 Å². The van der Waals surface area contributed by atoms with E-state index < -0.39 is 45.2 Å². The molecule has 0 fully saturated rings. The quantitative estimate of drug-likeness (QED) is 0.158. The van der Waals surface area contributed by atoms with Crippen LogP contribution in [0.3, 0.4) is 0 Å². The molecule has 0 rings (SSSR count). The first-order valence-corrected chi connectivity index (χ1v) is 15.1. The number of allylic oxidation sites excluding steroid dienone is 8. The van der Waals surface area contributed by atoms with Crippen LogP contribution in [-0.2, 0) is 17.7 Å². The predicted molar refractivity (Wildman–Crippen MR) is 138 cm³/mol. The third kappa shape index (κ3) is 10.8. The highest BCUT2D eigenvalue weighted by Crippen LogP contribution is 2.25. The van der Waals surface area contributed by atoms with Crippen molar-refractivity contribution < 1.29 is 17.7 Å². The van der Waals surface area contributed by atoms with Gasteiger partial charge in [0.1, 0.15) is 0 Å². The third-order valence-corrected chi connectivity index (χ3v) is 10.5. The van der Waals surface area contributed by atoms with Gasteiger partial charge in [0.05, 0.1) is 0 Å². The van der Waals surface area contributed by atoms with Crippen molar-refractivity contribution >= 4 is 39.1 Å². The highest BCUT2D eigenvalue weighted by atomic mass is 28.2. The molecule has 0 aliphatic carbocycles. The first-order valence-electron chi connectivity index (χ1n) is 9.54. The smallest absolute Gasteiger partial charge is 0.354 e. The molecule has 0 atom stereocenters. The second-order valence-electron chi connectivity index (χ2n) is 6.29. The van der Waals surface area contributed by atoms with Crippen molar-refractivity contribution in [2.24, 2.45) is 0 Å². The highest BCUT2D eigenvalue weighted by molar-refractivity contribution is 6.35. The summed E-state index contributed by atoms with van der Waals surface area (Å²) in [5.74, 6) is 0. The van der Waals surface area contributed by atoms with Crippen LogP contribution >= 0.6 is 0 Å². The number of hydrogen-bond acceptors (Lipinski definition) is 4. The zero-order chi connectivity index (χ0) is 22.1. The topological polar surface area (TPSA) is 36.9 Å². The molecule has 0 aromatic heterocycles. The van der Waals surface area contributed by atoms with Gasteiger partial charge in [-0.15, -0.1) is 52.6 Å². The Morgan fingerprint density at radius 1 is 0.414 bits per heavy atom. The first kappa shape index (κ1) is 27.6. The fourth-order valence-corrected chi connectivity index (χ4v) is 6.65. The summed E-state index contributed by atoms with van der Waals surface area (Å²) >= 11 is 0. The Morgan fingerprint density at radius 2 is 0.586 bits per heavy atom. The normalized spacial score (nSPS) is 14.8. The second kappa shape index (κ2) is 16.4. The highest BCUT2D eigenvalue weighted by Gasteiger charge is 2.36. The maximum absolute atomic E-state index is 6.22. The fourth-order valence-electron chi connectivity index (χ4n) is 1.97. The summed E-state index contributed by atoms with van der Waals surface area (Å²) in [6.45, 7) is 30.7. The van der Waals surface area contributed by atoms with E-state index in [1.54, 1.807) is 0 Å². The van der Waals surface area contributed by atoms with Crippen LogP contribution in [0.5, 0.6) is 0 Å². The molecule has 0 spiro atoms. The molecule has 0 amide bonds. The predicted octanol–water partition coefficient (Wildman–Crippen LogP) is 2.64. The average Bonchev–Trinajstić information content (AvgIpc) is 2.76. The van der Waals surface area contributed by atoms with Crippen molar-refractivity contribution in [1.29, 1.82) is 0 Å².